The first-order chi connectivity index (χ1) is 18.1. The predicted molar refractivity (Wildman–Crippen MR) is 144 cm³/mol. The van der Waals surface area contributed by atoms with Crippen molar-refractivity contribution in [1.82, 2.24) is 4.90 Å². The number of methoxy groups -OCH3 is 2. The highest BCUT2D eigenvalue weighted by Crippen LogP contribution is 2.32. The molecule has 0 saturated carbocycles. The number of nitrogens with zero attached hydrogens (tertiary/aromatic N) is 1. The molecular weight excluding hydrogens is 506 g/mol. The van der Waals surface area contributed by atoms with E-state index >= 15 is 0 Å². The number of sulfone groups is 1. The third-order valence-electron chi connectivity index (χ3n) is 6.24. The highest BCUT2D eigenvalue weighted by Gasteiger charge is 2.24. The highest BCUT2D eigenvalue weighted by molar-refractivity contribution is 7.90. The van der Waals surface area contributed by atoms with Gasteiger partial charge in [0.05, 0.1) is 25.5 Å². The first-order valence-corrected chi connectivity index (χ1v) is 13.4. The maximum absolute atomic E-state index is 13.6. The Morgan fingerprint density at radius 2 is 1.50 bits per heavy atom. The minimum atomic E-state index is -3.86. The summed E-state index contributed by atoms with van der Waals surface area (Å²) in [7, 11) is 2.22. The number of carbonyl (C=O) groups excluding carboxylic acids is 1. The molecule has 0 aliphatic heterocycles. The van der Waals surface area contributed by atoms with Gasteiger partial charge in [-0.25, -0.2) is 8.42 Å². The van der Waals surface area contributed by atoms with E-state index in [2.05, 4.69) is 0 Å². The molecule has 0 unspecified atom stereocenters. The Morgan fingerprint density at radius 1 is 0.816 bits per heavy atom. The molecule has 4 aromatic carbocycles. The molecule has 0 aromatic heterocycles. The molecule has 0 aliphatic carbocycles. The molecule has 9 heteroatoms. The monoisotopic (exact) mass is 533 g/mol. The highest BCUT2D eigenvalue weighted by atomic mass is 32.2. The van der Waals surface area contributed by atoms with Crippen LogP contribution in [-0.2, 0) is 22.0 Å². The molecule has 0 saturated heterocycles. The summed E-state index contributed by atoms with van der Waals surface area (Å²) in [6.45, 7) is 0. The molecule has 1 amide bonds. The molecule has 0 N–H and O–H groups in total. The second kappa shape index (κ2) is 10.6. The van der Waals surface area contributed by atoms with Crippen molar-refractivity contribution in [2.45, 2.75) is 17.1 Å². The van der Waals surface area contributed by atoms with E-state index < -0.39 is 20.7 Å². The van der Waals surface area contributed by atoms with Crippen LogP contribution in [0.1, 0.15) is 27.0 Å². The van der Waals surface area contributed by atoms with Crippen LogP contribution in [0.5, 0.6) is 11.5 Å². The van der Waals surface area contributed by atoms with Gasteiger partial charge in [0.25, 0.3) is 11.3 Å². The standard InChI is InChI=1S/C29H27NO7S/c1-30(2)29(33)22-10-6-9-20(15-22)21-11-12-24(36-3)25(16-21)38(34,35)17-19-8-5-7-18(13-19)14-23-26(31)27(32)28(23)37-4/h5-13,15-16H,14,17H2,1-4H3. The molecule has 38 heavy (non-hydrogen) atoms. The van der Waals surface area contributed by atoms with Crippen LogP contribution in [0.4, 0.5) is 0 Å². The Labute approximate surface area is 220 Å². The summed E-state index contributed by atoms with van der Waals surface area (Å²) in [5.41, 5.74) is 2.06. The molecule has 0 fully saturated rings. The normalized spacial score (nSPS) is 11.4. The van der Waals surface area contributed by atoms with Gasteiger partial charge in [-0.15, -0.1) is 0 Å². The zero-order chi connectivity index (χ0) is 27.6. The van der Waals surface area contributed by atoms with Gasteiger partial charge in [0, 0.05) is 26.1 Å². The van der Waals surface area contributed by atoms with Crippen LogP contribution in [0, 0.1) is 0 Å². The summed E-state index contributed by atoms with van der Waals surface area (Å²) in [6, 6.07) is 18.7. The van der Waals surface area contributed by atoms with Crippen molar-refractivity contribution in [2.24, 2.45) is 0 Å². The van der Waals surface area contributed by atoms with Crippen LogP contribution in [0.2, 0.25) is 0 Å². The number of benzene rings is 3. The molecule has 4 aromatic rings. The Morgan fingerprint density at radius 3 is 2.18 bits per heavy atom. The van der Waals surface area contributed by atoms with E-state index in [1.54, 1.807) is 74.8 Å². The van der Waals surface area contributed by atoms with Gasteiger partial charge in [-0.2, -0.15) is 0 Å². The second-order valence-corrected chi connectivity index (χ2v) is 11.0. The van der Waals surface area contributed by atoms with Crippen LogP contribution >= 0.6 is 0 Å². The summed E-state index contributed by atoms with van der Waals surface area (Å²) < 4.78 is 37.5. The molecule has 0 radical (unpaired) electrons. The van der Waals surface area contributed by atoms with Gasteiger partial charge in [0.1, 0.15) is 10.6 Å². The number of carbonyl (C=O) groups is 1. The minimum Gasteiger partial charge on any atom is -0.495 e. The van der Waals surface area contributed by atoms with E-state index in [1.807, 2.05) is 6.07 Å². The van der Waals surface area contributed by atoms with Crippen molar-refractivity contribution in [3.05, 3.63) is 109 Å². The van der Waals surface area contributed by atoms with Crippen LogP contribution in [0.15, 0.2) is 81.2 Å². The molecule has 0 heterocycles. The lowest BCUT2D eigenvalue weighted by Gasteiger charge is -2.14. The number of hydrogen-bond acceptors (Lipinski definition) is 7. The molecule has 196 valence electrons. The van der Waals surface area contributed by atoms with Gasteiger partial charge < -0.3 is 14.4 Å². The largest absolute Gasteiger partial charge is 0.495 e. The third-order valence-corrected chi connectivity index (χ3v) is 7.94. The lowest BCUT2D eigenvalue weighted by Crippen LogP contribution is -2.36. The Balaban J connectivity index is 1.65. The van der Waals surface area contributed by atoms with Crippen LogP contribution in [-0.4, -0.2) is 47.5 Å². The third kappa shape index (κ3) is 5.24. The number of ether oxygens (including phenoxy) is 2. The Kier molecular flexibility index (Phi) is 7.50. The summed E-state index contributed by atoms with van der Waals surface area (Å²) >= 11 is 0. The average Bonchev–Trinajstić information content (AvgIpc) is 2.91. The first-order valence-electron chi connectivity index (χ1n) is 11.7. The predicted octanol–water partition coefficient (Wildman–Crippen LogP) is 3.23. The molecule has 0 atom stereocenters. The zero-order valence-electron chi connectivity index (χ0n) is 21.5. The number of amides is 1. The molecule has 4 rings (SSSR count). The lowest BCUT2D eigenvalue weighted by atomic mass is 9.99. The number of hydrogen-bond donors (Lipinski definition) is 0. The smallest absolute Gasteiger partial charge is 0.268 e. The zero-order valence-corrected chi connectivity index (χ0v) is 22.3. The fourth-order valence-electron chi connectivity index (χ4n) is 4.31. The van der Waals surface area contributed by atoms with Crippen LogP contribution in [0.25, 0.3) is 11.1 Å². The van der Waals surface area contributed by atoms with E-state index in [-0.39, 0.29) is 40.0 Å². The van der Waals surface area contributed by atoms with E-state index in [0.29, 0.717) is 27.8 Å². The molecule has 0 spiro atoms. The molecule has 8 nitrogen and oxygen atoms in total. The van der Waals surface area contributed by atoms with Gasteiger partial charge in [-0.05, 0) is 46.5 Å². The lowest BCUT2D eigenvalue weighted by molar-refractivity contribution is 0.0827. The van der Waals surface area contributed by atoms with Gasteiger partial charge in [0.2, 0.25) is 5.43 Å². The van der Waals surface area contributed by atoms with Crippen LogP contribution < -0.4 is 20.3 Å². The Bertz CT molecular complexity index is 1700. The van der Waals surface area contributed by atoms with E-state index in [0.717, 1.165) is 0 Å². The maximum atomic E-state index is 13.6. The topological polar surface area (TPSA) is 107 Å². The van der Waals surface area contributed by atoms with Crippen molar-refractivity contribution in [3.8, 4) is 22.6 Å². The van der Waals surface area contributed by atoms with E-state index in [9.17, 15) is 22.8 Å². The maximum Gasteiger partial charge on any atom is 0.268 e. The quantitative estimate of drug-likeness (QED) is 0.304. The fourth-order valence-corrected chi connectivity index (χ4v) is 5.85. The van der Waals surface area contributed by atoms with Crippen molar-refractivity contribution in [3.63, 3.8) is 0 Å². The fraction of sp³-hybridized carbons (Fsp3) is 0.207. The van der Waals surface area contributed by atoms with Crippen molar-refractivity contribution < 1.29 is 22.7 Å². The van der Waals surface area contributed by atoms with Crippen molar-refractivity contribution >= 4 is 15.7 Å². The Hall–Kier alpha value is -4.24. The summed E-state index contributed by atoms with van der Waals surface area (Å²) in [6.07, 6.45) is 0.169. The molecule has 0 aliphatic rings. The van der Waals surface area contributed by atoms with Crippen molar-refractivity contribution in [2.75, 3.05) is 28.3 Å². The van der Waals surface area contributed by atoms with E-state index in [4.69, 9.17) is 9.47 Å². The number of rotatable bonds is 9. The second-order valence-electron chi connectivity index (χ2n) is 9.07. The van der Waals surface area contributed by atoms with Gasteiger partial charge in [0.15, 0.2) is 15.6 Å². The molecule has 0 bridgehead atoms. The van der Waals surface area contributed by atoms with Gasteiger partial charge >= 0.3 is 0 Å². The minimum absolute atomic E-state index is 0.0244. The van der Waals surface area contributed by atoms with E-state index in [1.165, 1.54) is 19.1 Å². The van der Waals surface area contributed by atoms with Gasteiger partial charge in [-0.1, -0.05) is 42.5 Å². The molecular formula is C29H27NO7S. The van der Waals surface area contributed by atoms with Crippen molar-refractivity contribution in [1.29, 1.82) is 0 Å². The summed E-state index contributed by atoms with van der Waals surface area (Å²) in [5, 5.41) is 0. The summed E-state index contributed by atoms with van der Waals surface area (Å²) in [4.78, 5) is 37.5. The first kappa shape index (κ1) is 26.8. The SMILES string of the molecule is COc1ccc(-c2cccc(C(=O)N(C)C)c2)cc1S(=O)(=O)Cc1cccc(Cc2c(OC)c(=O)c2=O)c1. The average molecular weight is 534 g/mol. The summed E-state index contributed by atoms with van der Waals surface area (Å²) in [5.74, 6) is -0.206. The van der Waals surface area contributed by atoms with Crippen LogP contribution in [0.3, 0.4) is 0 Å². The van der Waals surface area contributed by atoms with Gasteiger partial charge in [-0.3, -0.25) is 14.4 Å².